The van der Waals surface area contributed by atoms with Crippen molar-refractivity contribution in [2.45, 2.75) is 39.8 Å². The molecule has 0 saturated heterocycles. The number of ether oxygens (including phenoxy) is 1. The summed E-state index contributed by atoms with van der Waals surface area (Å²) in [7, 11) is 0. The molecule has 0 fully saturated rings. The molecule has 0 amide bonds. The average Bonchev–Trinajstić information content (AvgIpc) is 3.13. The van der Waals surface area contributed by atoms with Gasteiger partial charge in [0.25, 0.3) is 0 Å². The van der Waals surface area contributed by atoms with Crippen LogP contribution in [0.4, 0.5) is 0 Å². The number of hydrogen-bond acceptors (Lipinski definition) is 2. The summed E-state index contributed by atoms with van der Waals surface area (Å²) in [5.74, 6) is -0.275. The van der Waals surface area contributed by atoms with Gasteiger partial charge < -0.3 is 13.7 Å². The van der Waals surface area contributed by atoms with Gasteiger partial charge in [-0.15, -0.1) is 0 Å². The van der Waals surface area contributed by atoms with Gasteiger partial charge in [-0.2, -0.15) is 0 Å². The SMILES string of the molecule is Cc1c(C(=O)OC(C)C)cc2cc(Br)cn2c1C(C)n1cccc1. The maximum absolute atomic E-state index is 12.5. The molecule has 0 aliphatic rings. The molecule has 3 aromatic heterocycles. The molecule has 5 heteroatoms. The van der Waals surface area contributed by atoms with Crippen molar-refractivity contribution in [2.24, 2.45) is 0 Å². The molecular formula is C19H21BrN2O2. The zero-order valence-electron chi connectivity index (χ0n) is 14.3. The minimum Gasteiger partial charge on any atom is -0.459 e. The Balaban J connectivity index is 2.22. The fourth-order valence-corrected chi connectivity index (χ4v) is 3.53. The van der Waals surface area contributed by atoms with Crippen LogP contribution in [0, 0.1) is 6.92 Å². The molecule has 0 radical (unpaired) electrons. The Morgan fingerprint density at radius 3 is 2.46 bits per heavy atom. The van der Waals surface area contributed by atoms with E-state index in [4.69, 9.17) is 4.74 Å². The van der Waals surface area contributed by atoms with E-state index in [-0.39, 0.29) is 18.1 Å². The molecule has 0 aromatic carbocycles. The van der Waals surface area contributed by atoms with E-state index in [9.17, 15) is 4.79 Å². The highest BCUT2D eigenvalue weighted by molar-refractivity contribution is 9.10. The average molecular weight is 389 g/mol. The zero-order valence-corrected chi connectivity index (χ0v) is 15.9. The van der Waals surface area contributed by atoms with Crippen LogP contribution in [0.2, 0.25) is 0 Å². The Labute approximate surface area is 150 Å². The quantitative estimate of drug-likeness (QED) is 0.590. The molecule has 0 saturated carbocycles. The first-order valence-electron chi connectivity index (χ1n) is 8.03. The Morgan fingerprint density at radius 2 is 1.83 bits per heavy atom. The molecule has 126 valence electrons. The number of nitrogens with zero attached hydrogens (tertiary/aromatic N) is 2. The first-order valence-corrected chi connectivity index (χ1v) is 8.82. The Bertz CT molecular complexity index is 879. The topological polar surface area (TPSA) is 35.6 Å². The van der Waals surface area contributed by atoms with Crippen molar-refractivity contribution >= 4 is 27.4 Å². The van der Waals surface area contributed by atoms with Gasteiger partial charge in [-0.3, -0.25) is 0 Å². The van der Waals surface area contributed by atoms with Gasteiger partial charge in [0.1, 0.15) is 0 Å². The molecule has 3 heterocycles. The van der Waals surface area contributed by atoms with E-state index in [0.29, 0.717) is 5.56 Å². The van der Waals surface area contributed by atoms with E-state index in [0.717, 1.165) is 21.2 Å². The summed E-state index contributed by atoms with van der Waals surface area (Å²) in [4.78, 5) is 12.5. The first kappa shape index (κ1) is 16.8. The third-order valence-electron chi connectivity index (χ3n) is 4.19. The number of carbonyl (C=O) groups excluding carboxylic acids is 1. The summed E-state index contributed by atoms with van der Waals surface area (Å²) in [5.41, 5.74) is 3.61. The normalized spacial score (nSPS) is 12.8. The van der Waals surface area contributed by atoms with Crippen molar-refractivity contribution in [2.75, 3.05) is 0 Å². The van der Waals surface area contributed by atoms with E-state index in [1.54, 1.807) is 0 Å². The van der Waals surface area contributed by atoms with Crippen LogP contribution in [0.1, 0.15) is 48.4 Å². The second-order valence-corrected chi connectivity index (χ2v) is 7.20. The standard InChI is InChI=1S/C19H21BrN2O2/c1-12(2)24-19(23)17-10-16-9-15(20)11-22(16)18(13(17)3)14(4)21-7-5-6-8-21/h5-12,14H,1-4H3. The largest absolute Gasteiger partial charge is 0.459 e. The minimum atomic E-state index is -0.275. The monoisotopic (exact) mass is 388 g/mol. The molecule has 1 unspecified atom stereocenters. The van der Waals surface area contributed by atoms with Crippen molar-refractivity contribution in [3.05, 3.63) is 64.1 Å². The molecular weight excluding hydrogens is 368 g/mol. The fraction of sp³-hybridized carbons (Fsp3) is 0.316. The first-order chi connectivity index (χ1) is 11.4. The van der Waals surface area contributed by atoms with Crippen molar-refractivity contribution in [1.82, 2.24) is 8.97 Å². The lowest BCUT2D eigenvalue weighted by molar-refractivity contribution is 0.0377. The third-order valence-corrected chi connectivity index (χ3v) is 4.62. The lowest BCUT2D eigenvalue weighted by atomic mass is 10.0. The van der Waals surface area contributed by atoms with Crippen LogP contribution >= 0.6 is 15.9 Å². The van der Waals surface area contributed by atoms with Gasteiger partial charge >= 0.3 is 5.97 Å². The van der Waals surface area contributed by atoms with E-state index in [1.807, 2.05) is 63.6 Å². The molecule has 0 bridgehead atoms. The van der Waals surface area contributed by atoms with E-state index in [1.165, 1.54) is 0 Å². The smallest absolute Gasteiger partial charge is 0.338 e. The molecule has 24 heavy (non-hydrogen) atoms. The fourth-order valence-electron chi connectivity index (χ4n) is 3.09. The molecule has 4 nitrogen and oxygen atoms in total. The number of fused-ring (bicyclic) bond motifs is 1. The molecule has 3 aromatic rings. The van der Waals surface area contributed by atoms with E-state index < -0.39 is 0 Å². The summed E-state index contributed by atoms with van der Waals surface area (Å²) in [6, 6.07) is 8.01. The van der Waals surface area contributed by atoms with Crippen LogP contribution in [0.5, 0.6) is 0 Å². The van der Waals surface area contributed by atoms with Crippen molar-refractivity contribution in [1.29, 1.82) is 0 Å². The highest BCUT2D eigenvalue weighted by Gasteiger charge is 2.22. The Morgan fingerprint density at radius 1 is 1.17 bits per heavy atom. The second-order valence-electron chi connectivity index (χ2n) is 6.28. The number of pyridine rings is 1. The number of halogens is 1. The van der Waals surface area contributed by atoms with Gasteiger partial charge in [-0.1, -0.05) is 0 Å². The van der Waals surface area contributed by atoms with Gasteiger partial charge in [0.15, 0.2) is 0 Å². The summed E-state index contributed by atoms with van der Waals surface area (Å²) >= 11 is 3.54. The van der Waals surface area contributed by atoms with Crippen LogP contribution in [0.3, 0.4) is 0 Å². The molecule has 0 spiro atoms. The van der Waals surface area contributed by atoms with Crippen LogP contribution in [-0.2, 0) is 4.74 Å². The molecule has 1 atom stereocenters. The van der Waals surface area contributed by atoms with Crippen molar-refractivity contribution in [3.63, 3.8) is 0 Å². The van der Waals surface area contributed by atoms with Crippen molar-refractivity contribution < 1.29 is 9.53 Å². The Hall–Kier alpha value is -2.01. The van der Waals surface area contributed by atoms with Gasteiger partial charge in [0.2, 0.25) is 0 Å². The molecule has 3 rings (SSSR count). The predicted octanol–water partition coefficient (Wildman–Crippen LogP) is 4.99. The van der Waals surface area contributed by atoms with Gasteiger partial charge in [-0.25, -0.2) is 4.79 Å². The lowest BCUT2D eigenvalue weighted by Crippen LogP contribution is -2.17. The van der Waals surface area contributed by atoms with E-state index >= 15 is 0 Å². The number of aromatic nitrogens is 2. The van der Waals surface area contributed by atoms with Crippen LogP contribution in [0.25, 0.3) is 5.52 Å². The maximum atomic E-state index is 12.5. The summed E-state index contributed by atoms with van der Waals surface area (Å²) < 4.78 is 10.7. The maximum Gasteiger partial charge on any atom is 0.338 e. The number of carbonyl (C=O) groups is 1. The van der Waals surface area contributed by atoms with Gasteiger partial charge in [-0.05, 0) is 73.5 Å². The summed E-state index contributed by atoms with van der Waals surface area (Å²) in [6.45, 7) is 7.85. The second kappa shape index (κ2) is 6.48. The van der Waals surface area contributed by atoms with Gasteiger partial charge in [0, 0.05) is 34.3 Å². The molecule has 0 aliphatic carbocycles. The predicted molar refractivity (Wildman–Crippen MR) is 98.6 cm³/mol. The lowest BCUT2D eigenvalue weighted by Gasteiger charge is -2.21. The Kier molecular flexibility index (Phi) is 4.54. The van der Waals surface area contributed by atoms with E-state index in [2.05, 4.69) is 31.8 Å². The molecule has 0 aliphatic heterocycles. The zero-order chi connectivity index (χ0) is 17.4. The van der Waals surface area contributed by atoms with Crippen LogP contribution in [0.15, 0.2) is 47.3 Å². The highest BCUT2D eigenvalue weighted by atomic mass is 79.9. The third kappa shape index (κ3) is 3.00. The van der Waals surface area contributed by atoms with Crippen LogP contribution < -0.4 is 0 Å². The highest BCUT2D eigenvalue weighted by Crippen LogP contribution is 2.29. The minimum absolute atomic E-state index is 0.0913. The van der Waals surface area contributed by atoms with Crippen molar-refractivity contribution in [3.8, 4) is 0 Å². The number of esters is 1. The van der Waals surface area contributed by atoms with Crippen LogP contribution in [-0.4, -0.2) is 21.0 Å². The summed E-state index contributed by atoms with van der Waals surface area (Å²) in [5, 5.41) is 0. The summed E-state index contributed by atoms with van der Waals surface area (Å²) in [6.07, 6.45) is 5.97. The number of rotatable bonds is 4. The molecule has 0 N–H and O–H groups in total. The number of hydrogen-bond donors (Lipinski definition) is 0. The van der Waals surface area contributed by atoms with Gasteiger partial charge in [0.05, 0.1) is 17.7 Å².